The van der Waals surface area contributed by atoms with E-state index >= 15 is 0 Å². The lowest BCUT2D eigenvalue weighted by atomic mass is 10.1. The predicted molar refractivity (Wildman–Crippen MR) is 92.0 cm³/mol. The second-order valence-corrected chi connectivity index (χ2v) is 5.92. The number of benzene rings is 2. The molecule has 1 unspecified atom stereocenters. The van der Waals surface area contributed by atoms with Gasteiger partial charge in [-0.2, -0.15) is 0 Å². The number of hydrogen-bond donors (Lipinski definition) is 1. The molecule has 0 aliphatic carbocycles. The van der Waals surface area contributed by atoms with Crippen LogP contribution in [-0.4, -0.2) is 24.8 Å². The maximum absolute atomic E-state index is 12.3. The average molecular weight is 341 g/mol. The lowest BCUT2D eigenvalue weighted by molar-refractivity contribution is -0.123. The number of fused-ring (bicyclic) bond motifs is 1. The fourth-order valence-corrected chi connectivity index (χ4v) is 2.54. The molecule has 0 radical (unpaired) electrons. The molecule has 3 rings (SSSR count). The van der Waals surface area contributed by atoms with Gasteiger partial charge in [-0.1, -0.05) is 17.7 Å². The predicted octanol–water partition coefficient (Wildman–Crippen LogP) is 3.22. The average Bonchev–Trinajstić information content (AvgIpc) is 3.02. The van der Waals surface area contributed by atoms with E-state index in [1.807, 2.05) is 26.0 Å². The first-order valence-corrected chi connectivity index (χ1v) is 7.93. The van der Waals surface area contributed by atoms with Crippen molar-refractivity contribution in [2.75, 3.05) is 12.1 Å². The SMILES string of the molecule is Cc1ccc(C(=O)OC(C)C(=O)Nc2ccc3c(c2)OCO3)c(C)c1. The van der Waals surface area contributed by atoms with Gasteiger partial charge >= 0.3 is 5.97 Å². The van der Waals surface area contributed by atoms with Crippen molar-refractivity contribution < 1.29 is 23.8 Å². The van der Waals surface area contributed by atoms with Crippen LogP contribution in [0, 0.1) is 13.8 Å². The van der Waals surface area contributed by atoms with Crippen molar-refractivity contribution in [3.05, 3.63) is 53.1 Å². The van der Waals surface area contributed by atoms with Crippen molar-refractivity contribution in [3.8, 4) is 11.5 Å². The van der Waals surface area contributed by atoms with E-state index in [4.69, 9.17) is 14.2 Å². The molecule has 130 valence electrons. The van der Waals surface area contributed by atoms with Crippen LogP contribution in [0.2, 0.25) is 0 Å². The number of ether oxygens (including phenoxy) is 3. The molecular formula is C19H19NO5. The number of hydrogen-bond acceptors (Lipinski definition) is 5. The zero-order valence-electron chi connectivity index (χ0n) is 14.3. The van der Waals surface area contributed by atoms with Gasteiger partial charge in [-0.05, 0) is 44.5 Å². The van der Waals surface area contributed by atoms with Crippen LogP contribution in [0.3, 0.4) is 0 Å². The van der Waals surface area contributed by atoms with Crippen molar-refractivity contribution in [2.24, 2.45) is 0 Å². The summed E-state index contributed by atoms with van der Waals surface area (Å²) in [6.45, 7) is 5.48. The Bertz CT molecular complexity index is 831. The van der Waals surface area contributed by atoms with Gasteiger partial charge in [0.25, 0.3) is 5.91 Å². The van der Waals surface area contributed by atoms with Gasteiger partial charge in [-0.25, -0.2) is 4.79 Å². The molecule has 1 N–H and O–H groups in total. The number of esters is 1. The minimum atomic E-state index is -0.932. The Labute approximate surface area is 145 Å². The number of rotatable bonds is 4. The van der Waals surface area contributed by atoms with Crippen molar-refractivity contribution in [2.45, 2.75) is 26.9 Å². The second-order valence-electron chi connectivity index (χ2n) is 5.92. The first-order chi connectivity index (χ1) is 11.9. The largest absolute Gasteiger partial charge is 0.454 e. The quantitative estimate of drug-likeness (QED) is 0.865. The van der Waals surface area contributed by atoms with Crippen molar-refractivity contribution >= 4 is 17.6 Å². The standard InChI is InChI=1S/C19H19NO5/c1-11-4-6-15(12(2)8-11)19(22)25-13(3)18(21)20-14-5-7-16-17(9-14)24-10-23-16/h4-9,13H,10H2,1-3H3,(H,20,21). The van der Waals surface area contributed by atoms with Gasteiger partial charge in [0.15, 0.2) is 17.6 Å². The van der Waals surface area contributed by atoms with Crippen molar-refractivity contribution in [1.29, 1.82) is 0 Å². The summed E-state index contributed by atoms with van der Waals surface area (Å²) in [5.41, 5.74) is 2.87. The maximum Gasteiger partial charge on any atom is 0.339 e. The molecule has 2 aromatic carbocycles. The Hall–Kier alpha value is -3.02. The molecular weight excluding hydrogens is 322 g/mol. The highest BCUT2D eigenvalue weighted by atomic mass is 16.7. The van der Waals surface area contributed by atoms with E-state index in [1.54, 1.807) is 24.3 Å². The number of aryl methyl sites for hydroxylation is 2. The molecule has 1 aliphatic heterocycles. The molecule has 25 heavy (non-hydrogen) atoms. The zero-order chi connectivity index (χ0) is 18.0. The molecule has 1 atom stereocenters. The number of carbonyl (C=O) groups is 2. The monoisotopic (exact) mass is 341 g/mol. The summed E-state index contributed by atoms with van der Waals surface area (Å²) in [5, 5.41) is 2.70. The van der Waals surface area contributed by atoms with E-state index < -0.39 is 18.0 Å². The number of nitrogens with one attached hydrogen (secondary N) is 1. The van der Waals surface area contributed by atoms with Crippen LogP contribution in [0.25, 0.3) is 0 Å². The van der Waals surface area contributed by atoms with Crippen LogP contribution in [-0.2, 0) is 9.53 Å². The van der Waals surface area contributed by atoms with Crippen LogP contribution in [0.5, 0.6) is 11.5 Å². The summed E-state index contributed by atoms with van der Waals surface area (Å²) in [7, 11) is 0. The summed E-state index contributed by atoms with van der Waals surface area (Å²) in [4.78, 5) is 24.5. The Morgan fingerprint density at radius 2 is 1.84 bits per heavy atom. The van der Waals surface area contributed by atoms with Crippen LogP contribution in [0.4, 0.5) is 5.69 Å². The molecule has 0 spiro atoms. The van der Waals surface area contributed by atoms with E-state index in [0.29, 0.717) is 22.7 Å². The summed E-state index contributed by atoms with van der Waals surface area (Å²) >= 11 is 0. The van der Waals surface area contributed by atoms with E-state index in [-0.39, 0.29) is 6.79 Å². The van der Waals surface area contributed by atoms with E-state index in [9.17, 15) is 9.59 Å². The highest BCUT2D eigenvalue weighted by Gasteiger charge is 2.21. The lowest BCUT2D eigenvalue weighted by Gasteiger charge is -2.15. The summed E-state index contributed by atoms with van der Waals surface area (Å²) in [6, 6.07) is 10.5. The highest BCUT2D eigenvalue weighted by Crippen LogP contribution is 2.34. The molecule has 6 nitrogen and oxygen atoms in total. The zero-order valence-corrected chi connectivity index (χ0v) is 14.3. The van der Waals surface area contributed by atoms with Gasteiger partial charge in [0.2, 0.25) is 6.79 Å². The maximum atomic E-state index is 12.3. The lowest BCUT2D eigenvalue weighted by Crippen LogP contribution is -2.30. The second kappa shape index (κ2) is 6.84. The third-order valence-electron chi connectivity index (χ3n) is 3.89. The Morgan fingerprint density at radius 1 is 1.08 bits per heavy atom. The number of anilines is 1. The molecule has 0 bridgehead atoms. The molecule has 2 aromatic rings. The summed E-state index contributed by atoms with van der Waals surface area (Å²) in [6.07, 6.45) is -0.932. The molecule has 1 aliphatic rings. The first kappa shape index (κ1) is 16.8. The van der Waals surface area contributed by atoms with E-state index in [1.165, 1.54) is 6.92 Å². The molecule has 0 aromatic heterocycles. The van der Waals surface area contributed by atoms with Crippen molar-refractivity contribution in [1.82, 2.24) is 0 Å². The molecule has 1 heterocycles. The van der Waals surface area contributed by atoms with Gasteiger partial charge in [0.1, 0.15) is 0 Å². The third kappa shape index (κ3) is 3.74. The number of carbonyl (C=O) groups excluding carboxylic acids is 2. The normalized spacial score (nSPS) is 13.2. The fourth-order valence-electron chi connectivity index (χ4n) is 2.54. The Kier molecular flexibility index (Phi) is 4.61. The molecule has 0 saturated carbocycles. The van der Waals surface area contributed by atoms with Crippen LogP contribution in [0.1, 0.15) is 28.4 Å². The fraction of sp³-hybridized carbons (Fsp3) is 0.263. The van der Waals surface area contributed by atoms with E-state index in [0.717, 1.165) is 11.1 Å². The minimum absolute atomic E-state index is 0.163. The van der Waals surface area contributed by atoms with Crippen molar-refractivity contribution in [3.63, 3.8) is 0 Å². The first-order valence-electron chi connectivity index (χ1n) is 7.93. The van der Waals surface area contributed by atoms with Gasteiger partial charge in [-0.15, -0.1) is 0 Å². The Balaban J connectivity index is 1.63. The molecule has 1 amide bonds. The summed E-state index contributed by atoms with van der Waals surface area (Å²) < 4.78 is 15.8. The topological polar surface area (TPSA) is 73.9 Å². The van der Waals surface area contributed by atoms with Crippen LogP contribution in [0.15, 0.2) is 36.4 Å². The third-order valence-corrected chi connectivity index (χ3v) is 3.89. The van der Waals surface area contributed by atoms with Gasteiger partial charge in [0.05, 0.1) is 5.56 Å². The summed E-state index contributed by atoms with van der Waals surface area (Å²) in [5.74, 6) is 0.257. The van der Waals surface area contributed by atoms with Gasteiger partial charge in [0, 0.05) is 11.8 Å². The highest BCUT2D eigenvalue weighted by molar-refractivity contribution is 5.98. The van der Waals surface area contributed by atoms with Gasteiger partial charge in [-0.3, -0.25) is 4.79 Å². The Morgan fingerprint density at radius 3 is 2.60 bits per heavy atom. The number of amides is 1. The molecule has 0 saturated heterocycles. The molecule has 0 fully saturated rings. The van der Waals surface area contributed by atoms with Gasteiger partial charge < -0.3 is 19.5 Å². The van der Waals surface area contributed by atoms with Crippen LogP contribution >= 0.6 is 0 Å². The minimum Gasteiger partial charge on any atom is -0.454 e. The smallest absolute Gasteiger partial charge is 0.339 e. The molecule has 6 heteroatoms. The van der Waals surface area contributed by atoms with E-state index in [2.05, 4.69) is 5.32 Å². The van der Waals surface area contributed by atoms with Crippen LogP contribution < -0.4 is 14.8 Å².